The van der Waals surface area contributed by atoms with E-state index in [-0.39, 0.29) is 0 Å². The van der Waals surface area contributed by atoms with E-state index in [1.54, 1.807) is 0 Å². The molecule has 0 aromatic heterocycles. The van der Waals surface area contributed by atoms with Gasteiger partial charge in [-0.2, -0.15) is 0 Å². The second-order valence-corrected chi connectivity index (χ2v) is 3.42. The Morgan fingerprint density at radius 1 is 1.45 bits per heavy atom. The molecular formula is C10H18O. The van der Waals surface area contributed by atoms with Crippen LogP contribution in [0.3, 0.4) is 0 Å². The number of ether oxygens (including phenoxy) is 1. The zero-order valence-corrected chi connectivity index (χ0v) is 7.71. The highest BCUT2D eigenvalue weighted by atomic mass is 16.5. The predicted octanol–water partition coefficient (Wildman–Crippen LogP) is 2.62. The van der Waals surface area contributed by atoms with Crippen molar-refractivity contribution in [2.24, 2.45) is 11.8 Å². The molecule has 1 nitrogen and oxygen atoms in total. The van der Waals surface area contributed by atoms with E-state index in [9.17, 15) is 0 Å². The van der Waals surface area contributed by atoms with Crippen LogP contribution in [-0.2, 0) is 4.74 Å². The van der Waals surface area contributed by atoms with Crippen LogP contribution in [-0.4, -0.2) is 12.7 Å². The zero-order valence-electron chi connectivity index (χ0n) is 7.71. The second-order valence-electron chi connectivity index (χ2n) is 3.42. The lowest BCUT2D eigenvalue weighted by Gasteiger charge is -2.30. The number of hydrogen-bond donors (Lipinski definition) is 0. The Kier molecular flexibility index (Phi) is 3.13. The summed E-state index contributed by atoms with van der Waals surface area (Å²) in [4.78, 5) is 0. The maximum atomic E-state index is 5.66. The van der Waals surface area contributed by atoms with Crippen LogP contribution >= 0.6 is 0 Å². The third-order valence-corrected chi connectivity index (χ3v) is 2.39. The third-order valence-electron chi connectivity index (χ3n) is 2.39. The van der Waals surface area contributed by atoms with Crippen molar-refractivity contribution in [2.45, 2.75) is 33.3 Å². The van der Waals surface area contributed by atoms with Gasteiger partial charge in [0.25, 0.3) is 0 Å². The summed E-state index contributed by atoms with van der Waals surface area (Å²) in [6, 6.07) is 0. The Hall–Kier alpha value is -0.300. The molecule has 0 fully saturated rings. The molecule has 0 heterocycles. The summed E-state index contributed by atoms with van der Waals surface area (Å²) in [6.45, 7) is 7.40. The van der Waals surface area contributed by atoms with Gasteiger partial charge >= 0.3 is 0 Å². The molecule has 0 amide bonds. The molecule has 0 saturated heterocycles. The third kappa shape index (κ3) is 2.06. The highest BCUT2D eigenvalue weighted by Crippen LogP contribution is 2.25. The number of rotatable bonds is 2. The Bertz CT molecular complexity index is 140. The summed E-state index contributed by atoms with van der Waals surface area (Å²) in [5.74, 6) is 1.29. The van der Waals surface area contributed by atoms with E-state index in [2.05, 4.69) is 32.9 Å². The quantitative estimate of drug-likeness (QED) is 0.555. The van der Waals surface area contributed by atoms with E-state index in [0.29, 0.717) is 17.9 Å². The molecule has 1 aliphatic rings. The van der Waals surface area contributed by atoms with E-state index >= 15 is 0 Å². The van der Waals surface area contributed by atoms with Gasteiger partial charge in [-0.05, 0) is 19.3 Å². The molecule has 11 heavy (non-hydrogen) atoms. The van der Waals surface area contributed by atoms with Crippen LogP contribution in [0.4, 0.5) is 0 Å². The Labute approximate surface area is 69.4 Å². The van der Waals surface area contributed by atoms with Crippen molar-refractivity contribution in [1.82, 2.24) is 0 Å². The van der Waals surface area contributed by atoms with Crippen LogP contribution < -0.4 is 0 Å². The average molecular weight is 154 g/mol. The first-order valence-electron chi connectivity index (χ1n) is 4.54. The van der Waals surface area contributed by atoms with E-state index < -0.39 is 0 Å². The lowest BCUT2D eigenvalue weighted by atomic mass is 9.86. The highest BCUT2D eigenvalue weighted by molar-refractivity contribution is 4.98. The molecule has 1 rings (SSSR count). The van der Waals surface area contributed by atoms with Crippen LogP contribution in [0.5, 0.6) is 0 Å². The predicted molar refractivity (Wildman–Crippen MR) is 47.5 cm³/mol. The van der Waals surface area contributed by atoms with Crippen LogP contribution in [0.25, 0.3) is 0 Å². The monoisotopic (exact) mass is 154 g/mol. The van der Waals surface area contributed by atoms with Crippen molar-refractivity contribution in [3.05, 3.63) is 12.2 Å². The summed E-state index contributed by atoms with van der Waals surface area (Å²) < 4.78 is 5.66. The van der Waals surface area contributed by atoms with Gasteiger partial charge in [0, 0.05) is 12.5 Å². The largest absolute Gasteiger partial charge is 0.378 e. The van der Waals surface area contributed by atoms with Crippen molar-refractivity contribution in [3.63, 3.8) is 0 Å². The number of allylic oxidation sites excluding steroid dienone is 1. The molecule has 0 radical (unpaired) electrons. The number of hydrogen-bond acceptors (Lipinski definition) is 1. The summed E-state index contributed by atoms with van der Waals surface area (Å²) >= 11 is 0. The molecule has 0 saturated carbocycles. The Morgan fingerprint density at radius 3 is 2.73 bits per heavy atom. The standard InChI is InChI=1S/C10H18O/c1-4-11-10-8(2)6-5-7-9(10)3/h5-6,8-10H,4,7H2,1-3H3. The normalized spacial score (nSPS) is 37.5. The van der Waals surface area contributed by atoms with Gasteiger partial charge in [0.1, 0.15) is 0 Å². The summed E-state index contributed by atoms with van der Waals surface area (Å²) in [6.07, 6.45) is 6.16. The Balaban J connectivity index is 2.52. The topological polar surface area (TPSA) is 9.23 Å². The maximum Gasteiger partial charge on any atom is 0.0663 e. The van der Waals surface area contributed by atoms with E-state index in [1.165, 1.54) is 6.42 Å². The highest BCUT2D eigenvalue weighted by Gasteiger charge is 2.24. The fourth-order valence-corrected chi connectivity index (χ4v) is 1.78. The van der Waals surface area contributed by atoms with Crippen LogP contribution in [0.2, 0.25) is 0 Å². The van der Waals surface area contributed by atoms with Crippen molar-refractivity contribution >= 4 is 0 Å². The summed E-state index contributed by atoms with van der Waals surface area (Å²) in [5, 5.41) is 0. The summed E-state index contributed by atoms with van der Waals surface area (Å²) in [7, 11) is 0. The molecule has 0 N–H and O–H groups in total. The van der Waals surface area contributed by atoms with E-state index in [0.717, 1.165) is 6.61 Å². The van der Waals surface area contributed by atoms with Crippen LogP contribution in [0.15, 0.2) is 12.2 Å². The van der Waals surface area contributed by atoms with Gasteiger partial charge in [-0.3, -0.25) is 0 Å². The first-order valence-corrected chi connectivity index (χ1v) is 4.54. The molecule has 0 aromatic rings. The van der Waals surface area contributed by atoms with Crippen LogP contribution in [0, 0.1) is 11.8 Å². The summed E-state index contributed by atoms with van der Waals surface area (Å²) in [5.41, 5.74) is 0. The van der Waals surface area contributed by atoms with Gasteiger partial charge in [-0.15, -0.1) is 0 Å². The fraction of sp³-hybridized carbons (Fsp3) is 0.800. The minimum Gasteiger partial charge on any atom is -0.378 e. The van der Waals surface area contributed by atoms with Gasteiger partial charge in [0.2, 0.25) is 0 Å². The van der Waals surface area contributed by atoms with Crippen molar-refractivity contribution in [3.8, 4) is 0 Å². The molecule has 3 atom stereocenters. The minimum absolute atomic E-state index is 0.449. The molecule has 0 aromatic carbocycles. The van der Waals surface area contributed by atoms with E-state index in [4.69, 9.17) is 4.74 Å². The molecule has 64 valence electrons. The van der Waals surface area contributed by atoms with Crippen LogP contribution in [0.1, 0.15) is 27.2 Å². The molecule has 1 aliphatic carbocycles. The van der Waals surface area contributed by atoms with Gasteiger partial charge in [-0.1, -0.05) is 26.0 Å². The molecule has 3 unspecified atom stereocenters. The first-order chi connectivity index (χ1) is 5.25. The van der Waals surface area contributed by atoms with Crippen molar-refractivity contribution in [2.75, 3.05) is 6.61 Å². The Morgan fingerprint density at radius 2 is 2.18 bits per heavy atom. The minimum atomic E-state index is 0.449. The lowest BCUT2D eigenvalue weighted by Crippen LogP contribution is -2.30. The SMILES string of the molecule is CCOC1C(C)C=CCC1C. The maximum absolute atomic E-state index is 5.66. The molecule has 1 heteroatoms. The molecule has 0 bridgehead atoms. The van der Waals surface area contributed by atoms with E-state index in [1.807, 2.05) is 0 Å². The zero-order chi connectivity index (χ0) is 8.27. The van der Waals surface area contributed by atoms with Gasteiger partial charge in [0.05, 0.1) is 6.10 Å². The van der Waals surface area contributed by atoms with Crippen molar-refractivity contribution < 1.29 is 4.74 Å². The average Bonchev–Trinajstić information content (AvgIpc) is 1.97. The van der Waals surface area contributed by atoms with Gasteiger partial charge < -0.3 is 4.74 Å². The molecular weight excluding hydrogens is 136 g/mol. The van der Waals surface area contributed by atoms with Gasteiger partial charge in [-0.25, -0.2) is 0 Å². The second kappa shape index (κ2) is 3.91. The lowest BCUT2D eigenvalue weighted by molar-refractivity contribution is -0.00179. The fourth-order valence-electron chi connectivity index (χ4n) is 1.78. The molecule has 0 spiro atoms. The smallest absolute Gasteiger partial charge is 0.0663 e. The first kappa shape index (κ1) is 8.79. The van der Waals surface area contributed by atoms with Crippen molar-refractivity contribution in [1.29, 1.82) is 0 Å². The van der Waals surface area contributed by atoms with Gasteiger partial charge in [0.15, 0.2) is 0 Å². The molecule has 0 aliphatic heterocycles.